The number of para-hydroxylation sites is 1. The van der Waals surface area contributed by atoms with Gasteiger partial charge in [-0.15, -0.1) is 0 Å². The molecule has 0 amide bonds. The number of aromatic nitrogens is 4. The van der Waals surface area contributed by atoms with Crippen LogP contribution in [-0.2, 0) is 14.1 Å². The summed E-state index contributed by atoms with van der Waals surface area (Å²) in [5.41, 5.74) is 4.75. The summed E-state index contributed by atoms with van der Waals surface area (Å²) in [7, 11) is 5.63. The van der Waals surface area contributed by atoms with Crippen LogP contribution in [0.3, 0.4) is 0 Å². The fraction of sp³-hybridized carbons (Fsp3) is 0.208. The zero-order valence-electron chi connectivity index (χ0n) is 20.0. The van der Waals surface area contributed by atoms with Gasteiger partial charge in [-0.1, -0.05) is 23.9 Å². The monoisotopic (exact) mass is 509 g/mol. The van der Waals surface area contributed by atoms with Crippen LogP contribution in [0.15, 0.2) is 62.0 Å². The first-order chi connectivity index (χ1) is 17.2. The van der Waals surface area contributed by atoms with Crippen LogP contribution in [0.5, 0.6) is 11.5 Å². The van der Waals surface area contributed by atoms with E-state index in [1.165, 1.54) is 32.9 Å². The zero-order chi connectivity index (χ0) is 26.1. The normalized spacial score (nSPS) is 11.0. The van der Waals surface area contributed by atoms with Crippen molar-refractivity contribution < 1.29 is 14.3 Å². The van der Waals surface area contributed by atoms with Gasteiger partial charge in [-0.2, -0.15) is 0 Å². The van der Waals surface area contributed by atoms with E-state index in [2.05, 4.69) is 4.98 Å². The summed E-state index contributed by atoms with van der Waals surface area (Å²) >= 11 is 0.970. The molecule has 0 atom stereocenters. The van der Waals surface area contributed by atoms with Gasteiger partial charge in [0.2, 0.25) is 0 Å². The van der Waals surface area contributed by atoms with Gasteiger partial charge < -0.3 is 15.2 Å². The number of methoxy groups -OCH3 is 2. The zero-order valence-corrected chi connectivity index (χ0v) is 20.8. The Balaban J connectivity index is 1.83. The Kier molecular flexibility index (Phi) is 6.71. The molecule has 0 unspecified atom stereocenters. The number of ketones is 1. The van der Waals surface area contributed by atoms with Gasteiger partial charge in [0, 0.05) is 20.2 Å². The van der Waals surface area contributed by atoms with E-state index >= 15 is 0 Å². The third-order valence-electron chi connectivity index (χ3n) is 5.69. The molecule has 2 aromatic carbocycles. The molecule has 12 heteroatoms. The number of Topliss-reactive ketones (excluding diaryl/α,β-unsaturated/α-hetero) is 1. The summed E-state index contributed by atoms with van der Waals surface area (Å²) in [5, 5.41) is 0.610. The summed E-state index contributed by atoms with van der Waals surface area (Å²) in [4.78, 5) is 55.9. The predicted molar refractivity (Wildman–Crippen MR) is 137 cm³/mol. The molecule has 11 nitrogen and oxygen atoms in total. The summed E-state index contributed by atoms with van der Waals surface area (Å²) < 4.78 is 13.9. The Labute approximate surface area is 208 Å². The number of nitrogen functional groups attached to an aromatic ring is 1. The Morgan fingerprint density at radius 3 is 2.36 bits per heavy atom. The molecule has 0 saturated carbocycles. The second-order valence-corrected chi connectivity index (χ2v) is 8.71. The van der Waals surface area contributed by atoms with Crippen molar-refractivity contribution in [1.82, 2.24) is 18.7 Å². The average Bonchev–Trinajstić information content (AvgIpc) is 2.89. The van der Waals surface area contributed by atoms with E-state index in [0.717, 1.165) is 20.9 Å². The lowest BCUT2D eigenvalue weighted by molar-refractivity contribution is 0.102. The molecule has 0 aliphatic carbocycles. The average molecular weight is 510 g/mol. The predicted octanol–water partition coefficient (Wildman–Crippen LogP) is 1.36. The molecule has 0 spiro atoms. The first-order valence-electron chi connectivity index (χ1n) is 10.6. The SMILES string of the molecule is COc1ccc(-n2c(SCC(=O)c3c(N)n(C)c(=O)n(C)c3=O)nc3ccccc3c2=O)cc1OC. The number of nitrogens with zero attached hydrogens (tertiary/aromatic N) is 4. The smallest absolute Gasteiger partial charge is 0.332 e. The minimum absolute atomic E-state index is 0.222. The third kappa shape index (κ3) is 4.15. The van der Waals surface area contributed by atoms with Gasteiger partial charge in [-0.3, -0.25) is 28.1 Å². The minimum atomic E-state index is -0.787. The van der Waals surface area contributed by atoms with Crippen molar-refractivity contribution in [2.24, 2.45) is 14.1 Å². The van der Waals surface area contributed by atoms with Crippen molar-refractivity contribution in [2.45, 2.75) is 5.16 Å². The third-order valence-corrected chi connectivity index (χ3v) is 6.63. The van der Waals surface area contributed by atoms with Crippen LogP contribution in [0.4, 0.5) is 5.82 Å². The summed E-state index contributed by atoms with van der Waals surface area (Å²) in [5.74, 6) is -0.195. The molecule has 36 heavy (non-hydrogen) atoms. The molecule has 2 heterocycles. The Bertz CT molecular complexity index is 1690. The van der Waals surface area contributed by atoms with E-state index in [9.17, 15) is 19.2 Å². The topological polar surface area (TPSA) is 140 Å². The van der Waals surface area contributed by atoms with Crippen molar-refractivity contribution in [2.75, 3.05) is 25.7 Å². The molecule has 0 aliphatic heterocycles. The highest BCUT2D eigenvalue weighted by Gasteiger charge is 2.22. The molecule has 0 radical (unpaired) electrons. The number of nitrogens with two attached hydrogens (primary N) is 1. The van der Waals surface area contributed by atoms with Crippen LogP contribution in [0.25, 0.3) is 16.6 Å². The van der Waals surface area contributed by atoms with Crippen molar-refractivity contribution in [3.63, 3.8) is 0 Å². The molecule has 4 aromatic rings. The number of carbonyl (C=O) groups is 1. The van der Waals surface area contributed by atoms with Crippen LogP contribution < -0.4 is 32.0 Å². The number of hydrogen-bond acceptors (Lipinski definition) is 9. The molecular weight excluding hydrogens is 486 g/mol. The summed E-state index contributed by atoms with van der Waals surface area (Å²) in [6.07, 6.45) is 0. The number of rotatable bonds is 7. The lowest BCUT2D eigenvalue weighted by Crippen LogP contribution is -2.41. The molecule has 4 rings (SSSR count). The number of ether oxygens (including phenoxy) is 2. The van der Waals surface area contributed by atoms with E-state index in [1.807, 2.05) is 0 Å². The number of anilines is 1. The van der Waals surface area contributed by atoms with Gasteiger partial charge in [0.25, 0.3) is 11.1 Å². The molecule has 0 aliphatic rings. The maximum atomic E-state index is 13.5. The van der Waals surface area contributed by atoms with Crippen LogP contribution in [0.2, 0.25) is 0 Å². The quantitative estimate of drug-likeness (QED) is 0.222. The highest BCUT2D eigenvalue weighted by molar-refractivity contribution is 7.99. The second kappa shape index (κ2) is 9.74. The maximum Gasteiger partial charge on any atom is 0.332 e. The van der Waals surface area contributed by atoms with E-state index in [4.69, 9.17) is 15.2 Å². The van der Waals surface area contributed by atoms with E-state index < -0.39 is 17.0 Å². The highest BCUT2D eigenvalue weighted by atomic mass is 32.2. The van der Waals surface area contributed by atoms with Gasteiger partial charge in [-0.25, -0.2) is 9.78 Å². The van der Waals surface area contributed by atoms with Crippen LogP contribution in [0.1, 0.15) is 10.4 Å². The van der Waals surface area contributed by atoms with Gasteiger partial charge in [0.1, 0.15) is 11.4 Å². The van der Waals surface area contributed by atoms with Crippen LogP contribution >= 0.6 is 11.8 Å². The van der Waals surface area contributed by atoms with Gasteiger partial charge >= 0.3 is 5.69 Å². The lowest BCUT2D eigenvalue weighted by atomic mass is 10.2. The van der Waals surface area contributed by atoms with Crippen molar-refractivity contribution in [3.05, 3.63) is 79.2 Å². The number of fused-ring (bicyclic) bond motifs is 1. The Morgan fingerprint density at radius 2 is 1.67 bits per heavy atom. The van der Waals surface area contributed by atoms with E-state index in [1.54, 1.807) is 42.5 Å². The van der Waals surface area contributed by atoms with Gasteiger partial charge in [0.05, 0.1) is 36.6 Å². The first-order valence-corrected chi connectivity index (χ1v) is 11.6. The van der Waals surface area contributed by atoms with E-state index in [0.29, 0.717) is 28.1 Å². The lowest BCUT2D eigenvalue weighted by Gasteiger charge is -2.15. The molecule has 186 valence electrons. The fourth-order valence-corrected chi connectivity index (χ4v) is 4.61. The van der Waals surface area contributed by atoms with Crippen LogP contribution in [-0.4, -0.2) is 44.4 Å². The summed E-state index contributed by atoms with van der Waals surface area (Å²) in [6, 6.07) is 11.8. The molecule has 0 bridgehead atoms. The van der Waals surface area contributed by atoms with Crippen molar-refractivity contribution >= 4 is 34.3 Å². The molecule has 2 aromatic heterocycles. The van der Waals surface area contributed by atoms with Gasteiger partial charge in [-0.05, 0) is 24.3 Å². The molecular formula is C24H23N5O6S. The number of thioether (sulfide) groups is 1. The fourth-order valence-electron chi connectivity index (χ4n) is 3.73. The summed E-state index contributed by atoms with van der Waals surface area (Å²) in [6.45, 7) is 0. The number of carbonyl (C=O) groups excluding carboxylic acids is 1. The van der Waals surface area contributed by atoms with Crippen molar-refractivity contribution in [1.29, 1.82) is 0 Å². The number of hydrogen-bond donors (Lipinski definition) is 1. The minimum Gasteiger partial charge on any atom is -0.493 e. The second-order valence-electron chi connectivity index (χ2n) is 7.77. The standard InChI is InChI=1S/C24H23N5O6S/c1-27-20(25)19(22(32)28(2)24(27)33)16(30)12-36-23-26-15-8-6-5-7-14(15)21(31)29(23)13-9-10-17(34-3)18(11-13)35-4/h5-11H,12,25H2,1-4H3. The van der Waals surface area contributed by atoms with Crippen molar-refractivity contribution in [3.8, 4) is 17.2 Å². The molecule has 0 fully saturated rings. The Hall–Kier alpha value is -4.32. The largest absolute Gasteiger partial charge is 0.493 e. The molecule has 0 saturated heterocycles. The number of benzene rings is 2. The first kappa shape index (κ1) is 24.8. The molecule has 2 N–H and O–H groups in total. The maximum absolute atomic E-state index is 13.5. The van der Waals surface area contributed by atoms with E-state index in [-0.39, 0.29) is 27.8 Å². The van der Waals surface area contributed by atoms with Gasteiger partial charge in [0.15, 0.2) is 22.4 Å². The Morgan fingerprint density at radius 1 is 0.972 bits per heavy atom. The van der Waals surface area contributed by atoms with Crippen LogP contribution in [0, 0.1) is 0 Å². The highest BCUT2D eigenvalue weighted by Crippen LogP contribution is 2.30.